The predicted octanol–water partition coefficient (Wildman–Crippen LogP) is -7.33. The van der Waals surface area contributed by atoms with Gasteiger partial charge in [0.15, 0.2) is 0 Å². The molecule has 42 heavy (non-hydrogen) atoms. The number of carbonyl (C=O) groups excluding carboxylic acids is 1. The standard InChI is InChI=1S/C6H13NO5.6H2O4S/c7-3(1-8)5(11)6(12)4(10)2-9;6*1-5(2,3)4/h1,3-6,9-12H,2,7H2;6*(H2,1,2,3,4)/t3-,4+,5+,6+;;;;;;/m0....../s1. The lowest BCUT2D eigenvalue weighted by Gasteiger charge is -2.23. The lowest BCUT2D eigenvalue weighted by atomic mass is 10.0. The van der Waals surface area contributed by atoms with Gasteiger partial charge in [-0.15, -0.1) is 0 Å². The number of aliphatic hydroxyl groups excluding tert-OH is 4. The summed E-state index contributed by atoms with van der Waals surface area (Å²) in [6.45, 7) is -0.705. The molecular formula is C6H25NO29S6. The monoisotopic (exact) mass is 767 g/mol. The van der Waals surface area contributed by atoms with Gasteiger partial charge in [-0.3, -0.25) is 54.6 Å². The highest BCUT2D eigenvalue weighted by Crippen LogP contribution is 2.01. The Morgan fingerprint density at radius 3 is 0.690 bits per heavy atom. The minimum Gasteiger partial charge on any atom is -0.394 e. The van der Waals surface area contributed by atoms with Gasteiger partial charge in [0.05, 0.1) is 12.6 Å². The molecule has 0 aromatic heterocycles. The van der Waals surface area contributed by atoms with Crippen LogP contribution < -0.4 is 5.73 Å². The first kappa shape index (κ1) is 56.5. The molecule has 264 valence electrons. The van der Waals surface area contributed by atoms with Gasteiger partial charge < -0.3 is 31.0 Å². The fourth-order valence-corrected chi connectivity index (χ4v) is 0.644. The van der Waals surface area contributed by atoms with Crippen LogP contribution in [0.15, 0.2) is 0 Å². The summed E-state index contributed by atoms with van der Waals surface area (Å²) in [5, 5.41) is 35.2. The molecule has 0 radical (unpaired) electrons. The zero-order valence-electron chi connectivity index (χ0n) is 19.1. The van der Waals surface area contributed by atoms with Crippen molar-refractivity contribution in [2.24, 2.45) is 5.73 Å². The first-order chi connectivity index (χ1) is 17.5. The van der Waals surface area contributed by atoms with E-state index in [2.05, 4.69) is 0 Å². The zero-order valence-corrected chi connectivity index (χ0v) is 24.0. The summed E-state index contributed by atoms with van der Waals surface area (Å²) in [7, 11) is -28.0. The minimum atomic E-state index is -4.67. The highest BCUT2D eigenvalue weighted by Gasteiger charge is 2.28. The van der Waals surface area contributed by atoms with E-state index < -0.39 is 93.4 Å². The van der Waals surface area contributed by atoms with Crippen LogP contribution in [0.5, 0.6) is 0 Å². The molecule has 0 saturated carbocycles. The normalized spacial score (nSPS) is 14.3. The molecule has 0 aliphatic carbocycles. The van der Waals surface area contributed by atoms with E-state index in [1.807, 2.05) is 0 Å². The third-order valence-corrected chi connectivity index (χ3v) is 1.48. The second kappa shape index (κ2) is 25.1. The molecule has 0 aromatic rings. The average molecular weight is 768 g/mol. The largest absolute Gasteiger partial charge is 0.394 e. The molecule has 30 nitrogen and oxygen atoms in total. The van der Waals surface area contributed by atoms with E-state index in [9.17, 15) is 4.79 Å². The lowest BCUT2D eigenvalue weighted by molar-refractivity contribution is -0.118. The van der Waals surface area contributed by atoms with Crippen LogP contribution in [0.4, 0.5) is 0 Å². The second-order valence-electron chi connectivity index (χ2n) is 5.13. The molecule has 0 aromatic carbocycles. The van der Waals surface area contributed by atoms with Gasteiger partial charge in [-0.2, -0.15) is 50.5 Å². The average Bonchev–Trinajstić information content (AvgIpc) is 2.57. The summed E-state index contributed by atoms with van der Waals surface area (Å²) < 4.78 is 190. The Labute approximate surface area is 235 Å². The SMILES string of the molecule is N[C@@H](C=O)[C@@H](O)[C@H](O)[C@H](O)CO.O=S(=O)(O)O.O=S(=O)(O)O.O=S(=O)(O)O.O=S(=O)(O)O.O=S(=O)(O)O.O=S(=O)(O)O. The van der Waals surface area contributed by atoms with Crippen LogP contribution in [0.1, 0.15) is 0 Å². The van der Waals surface area contributed by atoms with Crippen LogP contribution in [-0.4, -0.2) is 163 Å². The van der Waals surface area contributed by atoms with Gasteiger partial charge in [-0.05, 0) is 0 Å². The third-order valence-electron chi connectivity index (χ3n) is 1.48. The molecule has 18 N–H and O–H groups in total. The maximum absolute atomic E-state index is 10.0. The van der Waals surface area contributed by atoms with E-state index in [1.54, 1.807) is 0 Å². The molecule has 4 atom stereocenters. The summed E-state index contributed by atoms with van der Waals surface area (Å²) in [4.78, 5) is 10.0. The molecule has 0 aliphatic rings. The molecule has 0 rings (SSSR count). The van der Waals surface area contributed by atoms with Crippen molar-refractivity contribution in [3.63, 3.8) is 0 Å². The van der Waals surface area contributed by atoms with Crippen molar-refractivity contribution in [2.75, 3.05) is 6.61 Å². The Hall–Kier alpha value is -1.31. The van der Waals surface area contributed by atoms with Crippen molar-refractivity contribution in [3.05, 3.63) is 0 Å². The van der Waals surface area contributed by atoms with Gasteiger partial charge in [0.2, 0.25) is 0 Å². The Bertz CT molecular complexity index is 1040. The maximum atomic E-state index is 10.0. The lowest BCUT2D eigenvalue weighted by Crippen LogP contribution is -2.49. The van der Waals surface area contributed by atoms with E-state index in [0.29, 0.717) is 0 Å². The quantitative estimate of drug-likeness (QED) is 0.0912. The van der Waals surface area contributed by atoms with Crippen LogP contribution in [0.3, 0.4) is 0 Å². The zero-order chi connectivity index (χ0) is 36.7. The number of rotatable bonds is 5. The first-order valence-corrected chi connectivity index (χ1v) is 16.0. The molecular weight excluding hydrogens is 742 g/mol. The summed E-state index contributed by atoms with van der Waals surface area (Å²) >= 11 is 0. The van der Waals surface area contributed by atoms with Gasteiger partial charge in [-0.25, -0.2) is 0 Å². The van der Waals surface area contributed by atoms with Crippen molar-refractivity contribution < 1.29 is 130 Å². The summed E-state index contributed by atoms with van der Waals surface area (Å²) in [6.07, 6.45) is -4.43. The fourth-order valence-electron chi connectivity index (χ4n) is 0.644. The number of aliphatic hydroxyl groups is 4. The fraction of sp³-hybridized carbons (Fsp3) is 0.833. The van der Waals surface area contributed by atoms with Crippen molar-refractivity contribution in [1.29, 1.82) is 0 Å². The maximum Gasteiger partial charge on any atom is 0.394 e. The molecule has 0 bridgehead atoms. The molecule has 0 heterocycles. The van der Waals surface area contributed by atoms with Crippen molar-refractivity contribution in [1.82, 2.24) is 0 Å². The molecule has 0 amide bonds. The number of hydrogen-bond acceptors (Lipinski definition) is 18. The van der Waals surface area contributed by atoms with E-state index in [4.69, 9.17) is 131 Å². The highest BCUT2D eigenvalue weighted by molar-refractivity contribution is 7.81. The summed E-state index contributed by atoms with van der Waals surface area (Å²) in [5.74, 6) is 0. The van der Waals surface area contributed by atoms with Gasteiger partial charge in [0, 0.05) is 0 Å². The molecule has 0 spiro atoms. The van der Waals surface area contributed by atoms with E-state index >= 15 is 0 Å². The molecule has 0 aliphatic heterocycles. The molecule has 0 saturated heterocycles. The van der Waals surface area contributed by atoms with Crippen molar-refractivity contribution in [3.8, 4) is 0 Å². The molecule has 0 unspecified atom stereocenters. The van der Waals surface area contributed by atoms with Crippen molar-refractivity contribution in [2.45, 2.75) is 24.4 Å². The smallest absolute Gasteiger partial charge is 0.394 e. The topological polar surface area (TPSA) is 572 Å². The number of aldehydes is 1. The van der Waals surface area contributed by atoms with E-state index in [-0.39, 0.29) is 6.29 Å². The van der Waals surface area contributed by atoms with Crippen LogP contribution >= 0.6 is 0 Å². The Balaban J connectivity index is -0.0000000711. The highest BCUT2D eigenvalue weighted by atomic mass is 32.3. The molecule has 36 heteroatoms. The van der Waals surface area contributed by atoms with Crippen LogP contribution in [-0.2, 0) is 67.2 Å². The van der Waals surface area contributed by atoms with Gasteiger partial charge in [0.1, 0.15) is 24.6 Å². The van der Waals surface area contributed by atoms with Gasteiger partial charge in [0.25, 0.3) is 0 Å². The van der Waals surface area contributed by atoms with Gasteiger partial charge in [-0.1, -0.05) is 0 Å². The number of nitrogens with two attached hydrogens (primary N) is 1. The number of hydrogen-bond donors (Lipinski definition) is 17. The van der Waals surface area contributed by atoms with E-state index in [0.717, 1.165) is 0 Å². The van der Waals surface area contributed by atoms with E-state index in [1.165, 1.54) is 0 Å². The first-order valence-electron chi connectivity index (χ1n) is 7.59. The molecule has 0 fully saturated rings. The third kappa shape index (κ3) is 255. The second-order valence-corrected chi connectivity index (χ2v) is 10.5. The van der Waals surface area contributed by atoms with Crippen LogP contribution in [0.2, 0.25) is 0 Å². The van der Waals surface area contributed by atoms with Crippen LogP contribution in [0, 0.1) is 0 Å². The minimum absolute atomic E-state index is 0.248. The van der Waals surface area contributed by atoms with Crippen molar-refractivity contribution >= 4 is 68.7 Å². The van der Waals surface area contributed by atoms with Crippen LogP contribution in [0.25, 0.3) is 0 Å². The summed E-state index contributed by atoms with van der Waals surface area (Å²) in [6, 6.07) is -1.26. The predicted molar refractivity (Wildman–Crippen MR) is 124 cm³/mol. The van der Waals surface area contributed by atoms with Gasteiger partial charge >= 0.3 is 62.4 Å². The Kier molecular flexibility index (Phi) is 33.7. The number of carbonyl (C=O) groups is 1. The summed E-state index contributed by atoms with van der Waals surface area (Å²) in [5.41, 5.74) is 5.04. The Morgan fingerprint density at radius 1 is 0.452 bits per heavy atom. The Morgan fingerprint density at radius 2 is 0.595 bits per heavy atom.